The van der Waals surface area contributed by atoms with Gasteiger partial charge in [-0.3, -0.25) is 4.79 Å². The van der Waals surface area contributed by atoms with Crippen LogP contribution in [0.1, 0.15) is 27.6 Å². The maximum atomic E-state index is 13.0. The Bertz CT molecular complexity index is 629. The van der Waals surface area contributed by atoms with Gasteiger partial charge in [-0.2, -0.15) is 11.8 Å². The first-order valence-corrected chi connectivity index (χ1v) is 8.50. The lowest BCUT2D eigenvalue weighted by Gasteiger charge is -2.20. The molecule has 1 atom stereocenters. The third-order valence-electron chi connectivity index (χ3n) is 3.89. The summed E-state index contributed by atoms with van der Waals surface area (Å²) in [7, 11) is 0. The van der Waals surface area contributed by atoms with Crippen molar-refractivity contribution >= 4 is 17.7 Å². The van der Waals surface area contributed by atoms with Gasteiger partial charge in [0.05, 0.1) is 0 Å². The van der Waals surface area contributed by atoms with E-state index in [1.54, 1.807) is 12.1 Å². The molecule has 0 spiro atoms. The minimum Gasteiger partial charge on any atom is -0.338 e. The van der Waals surface area contributed by atoms with Crippen LogP contribution in [0.4, 0.5) is 4.39 Å². The summed E-state index contributed by atoms with van der Waals surface area (Å²) < 4.78 is 13.0. The molecule has 114 valence electrons. The van der Waals surface area contributed by atoms with Crippen LogP contribution in [0.5, 0.6) is 0 Å². The number of carbonyl (C=O) groups is 1. The van der Waals surface area contributed by atoms with Crippen LogP contribution >= 0.6 is 11.8 Å². The molecule has 22 heavy (non-hydrogen) atoms. The van der Waals surface area contributed by atoms with E-state index in [1.807, 2.05) is 22.7 Å². The Balaban J connectivity index is 1.67. The predicted molar refractivity (Wildman–Crippen MR) is 88.6 cm³/mol. The Hall–Kier alpha value is -1.81. The second kappa shape index (κ2) is 6.97. The third kappa shape index (κ3) is 3.50. The smallest absolute Gasteiger partial charge is 0.253 e. The second-order valence-electron chi connectivity index (χ2n) is 5.36. The summed E-state index contributed by atoms with van der Waals surface area (Å²) >= 11 is 1.90. The molecule has 1 aliphatic rings. The van der Waals surface area contributed by atoms with Crippen molar-refractivity contribution in [1.82, 2.24) is 4.90 Å². The number of halogens is 1. The monoisotopic (exact) mass is 315 g/mol. The SMILES string of the molecule is O=C(c1ccc(F)cc1)N1CCSC(c2ccccc2)CC1. The number of benzene rings is 2. The zero-order valence-corrected chi connectivity index (χ0v) is 13.1. The average molecular weight is 315 g/mol. The van der Waals surface area contributed by atoms with E-state index in [-0.39, 0.29) is 11.7 Å². The van der Waals surface area contributed by atoms with Gasteiger partial charge >= 0.3 is 0 Å². The maximum Gasteiger partial charge on any atom is 0.253 e. The van der Waals surface area contributed by atoms with Crippen molar-refractivity contribution < 1.29 is 9.18 Å². The van der Waals surface area contributed by atoms with Gasteiger partial charge in [0.1, 0.15) is 5.82 Å². The Morgan fingerprint density at radius 1 is 1.05 bits per heavy atom. The van der Waals surface area contributed by atoms with Crippen LogP contribution in [0.15, 0.2) is 54.6 Å². The second-order valence-corrected chi connectivity index (χ2v) is 6.67. The van der Waals surface area contributed by atoms with Gasteiger partial charge in [-0.25, -0.2) is 4.39 Å². The van der Waals surface area contributed by atoms with Crippen molar-refractivity contribution in [1.29, 1.82) is 0 Å². The number of nitrogens with zero attached hydrogens (tertiary/aromatic N) is 1. The van der Waals surface area contributed by atoms with Crippen LogP contribution in [0.25, 0.3) is 0 Å². The highest BCUT2D eigenvalue weighted by atomic mass is 32.2. The number of hydrogen-bond donors (Lipinski definition) is 0. The third-order valence-corrected chi connectivity index (χ3v) is 5.22. The molecule has 1 heterocycles. The minimum atomic E-state index is -0.313. The van der Waals surface area contributed by atoms with E-state index >= 15 is 0 Å². The van der Waals surface area contributed by atoms with Gasteiger partial charge in [-0.1, -0.05) is 30.3 Å². The number of amides is 1. The number of carbonyl (C=O) groups excluding carboxylic acids is 1. The average Bonchev–Trinajstić information content (AvgIpc) is 2.82. The molecular formula is C18H18FNOS. The molecular weight excluding hydrogens is 297 g/mol. The molecule has 4 heteroatoms. The van der Waals surface area contributed by atoms with Crippen molar-refractivity contribution in [2.45, 2.75) is 11.7 Å². The van der Waals surface area contributed by atoms with Gasteiger partial charge in [0.2, 0.25) is 0 Å². The fourth-order valence-corrected chi connectivity index (χ4v) is 3.91. The standard InChI is InChI=1S/C18H18FNOS/c19-16-8-6-15(7-9-16)18(21)20-11-10-17(22-13-12-20)14-4-2-1-3-5-14/h1-9,17H,10-13H2. The minimum absolute atomic E-state index is 0.00527. The first kappa shape index (κ1) is 15.1. The van der Waals surface area contributed by atoms with Gasteiger partial charge in [0, 0.05) is 29.7 Å². The number of hydrogen-bond acceptors (Lipinski definition) is 2. The highest BCUT2D eigenvalue weighted by Gasteiger charge is 2.22. The number of rotatable bonds is 2. The summed E-state index contributed by atoms with van der Waals surface area (Å²) in [6, 6.07) is 16.2. The molecule has 0 N–H and O–H groups in total. The molecule has 1 unspecified atom stereocenters. The topological polar surface area (TPSA) is 20.3 Å². The van der Waals surface area contributed by atoms with Gasteiger partial charge in [-0.05, 0) is 36.2 Å². The van der Waals surface area contributed by atoms with Crippen LogP contribution < -0.4 is 0 Å². The summed E-state index contributed by atoms with van der Waals surface area (Å²) in [5, 5.41) is 0.437. The highest BCUT2D eigenvalue weighted by molar-refractivity contribution is 7.99. The van der Waals surface area contributed by atoms with E-state index in [9.17, 15) is 9.18 Å². The van der Waals surface area contributed by atoms with Crippen LogP contribution in [0.3, 0.4) is 0 Å². The molecule has 1 aliphatic heterocycles. The molecule has 3 rings (SSSR count). The fraction of sp³-hybridized carbons (Fsp3) is 0.278. The quantitative estimate of drug-likeness (QED) is 0.830. The lowest BCUT2D eigenvalue weighted by Crippen LogP contribution is -2.32. The Morgan fingerprint density at radius 2 is 1.77 bits per heavy atom. The molecule has 1 saturated heterocycles. The van der Waals surface area contributed by atoms with E-state index in [4.69, 9.17) is 0 Å². The van der Waals surface area contributed by atoms with Crippen LogP contribution in [0, 0.1) is 5.82 Å². The van der Waals surface area contributed by atoms with E-state index < -0.39 is 0 Å². The molecule has 2 aromatic carbocycles. The Morgan fingerprint density at radius 3 is 2.50 bits per heavy atom. The molecule has 1 fully saturated rings. The summed E-state index contributed by atoms with van der Waals surface area (Å²) in [5.74, 6) is 0.605. The first-order chi connectivity index (χ1) is 10.7. The number of thioether (sulfide) groups is 1. The fourth-order valence-electron chi connectivity index (χ4n) is 2.68. The molecule has 2 aromatic rings. The van der Waals surface area contributed by atoms with Crippen LogP contribution in [-0.2, 0) is 0 Å². The molecule has 0 bridgehead atoms. The Labute approximate surface area is 134 Å². The molecule has 0 aliphatic carbocycles. The molecule has 2 nitrogen and oxygen atoms in total. The van der Waals surface area contributed by atoms with Gasteiger partial charge < -0.3 is 4.90 Å². The Kier molecular flexibility index (Phi) is 4.78. The van der Waals surface area contributed by atoms with Gasteiger partial charge in [-0.15, -0.1) is 0 Å². The normalized spacial score (nSPS) is 18.8. The van der Waals surface area contributed by atoms with Crippen LogP contribution in [-0.4, -0.2) is 29.6 Å². The van der Waals surface area contributed by atoms with E-state index in [0.29, 0.717) is 10.8 Å². The van der Waals surface area contributed by atoms with E-state index in [1.165, 1.54) is 17.7 Å². The van der Waals surface area contributed by atoms with Crippen molar-refractivity contribution in [3.63, 3.8) is 0 Å². The summed E-state index contributed by atoms with van der Waals surface area (Å²) in [6.07, 6.45) is 0.946. The lowest BCUT2D eigenvalue weighted by atomic mass is 10.1. The van der Waals surface area contributed by atoms with Crippen molar-refractivity contribution in [2.75, 3.05) is 18.8 Å². The summed E-state index contributed by atoms with van der Waals surface area (Å²) in [6.45, 7) is 1.48. The van der Waals surface area contributed by atoms with Crippen molar-refractivity contribution in [2.24, 2.45) is 0 Å². The molecule has 0 aromatic heterocycles. The van der Waals surface area contributed by atoms with Crippen LogP contribution in [0.2, 0.25) is 0 Å². The first-order valence-electron chi connectivity index (χ1n) is 7.45. The van der Waals surface area contributed by atoms with E-state index in [2.05, 4.69) is 24.3 Å². The maximum absolute atomic E-state index is 13.0. The zero-order valence-electron chi connectivity index (χ0n) is 12.2. The van der Waals surface area contributed by atoms with E-state index in [0.717, 1.165) is 25.3 Å². The highest BCUT2D eigenvalue weighted by Crippen LogP contribution is 2.34. The lowest BCUT2D eigenvalue weighted by molar-refractivity contribution is 0.0766. The van der Waals surface area contributed by atoms with Crippen molar-refractivity contribution in [3.05, 3.63) is 71.5 Å². The molecule has 0 saturated carbocycles. The largest absolute Gasteiger partial charge is 0.338 e. The van der Waals surface area contributed by atoms with Crippen molar-refractivity contribution in [3.8, 4) is 0 Å². The zero-order chi connectivity index (χ0) is 15.4. The predicted octanol–water partition coefficient (Wildman–Crippen LogP) is 4.15. The van der Waals surface area contributed by atoms with Gasteiger partial charge in [0.25, 0.3) is 5.91 Å². The summed E-state index contributed by atoms with van der Waals surface area (Å²) in [4.78, 5) is 14.4. The molecule has 1 amide bonds. The summed E-state index contributed by atoms with van der Waals surface area (Å²) in [5.41, 5.74) is 1.88. The van der Waals surface area contributed by atoms with Gasteiger partial charge in [0.15, 0.2) is 0 Å². The molecule has 0 radical (unpaired) electrons.